The summed E-state index contributed by atoms with van der Waals surface area (Å²) in [5.74, 6) is 0.711. The molecule has 0 aromatic heterocycles. The van der Waals surface area contributed by atoms with Crippen molar-refractivity contribution in [3.8, 4) is 5.75 Å². The Bertz CT molecular complexity index is 366. The van der Waals surface area contributed by atoms with E-state index in [-0.39, 0.29) is 0 Å². The van der Waals surface area contributed by atoms with Crippen molar-refractivity contribution in [3.63, 3.8) is 0 Å². The lowest BCUT2D eigenvalue weighted by atomic mass is 9.95. The summed E-state index contributed by atoms with van der Waals surface area (Å²) in [5, 5.41) is 13.8. The molecule has 0 fully saturated rings. The van der Waals surface area contributed by atoms with E-state index in [1.165, 1.54) is 0 Å². The van der Waals surface area contributed by atoms with Gasteiger partial charge in [0.1, 0.15) is 18.0 Å². The maximum absolute atomic E-state index is 10.6. The Kier molecular flexibility index (Phi) is 6.84. The molecule has 108 valence electrons. The van der Waals surface area contributed by atoms with Crippen LogP contribution in [0.4, 0.5) is 0 Å². The van der Waals surface area contributed by atoms with Gasteiger partial charge in [-0.25, -0.2) is 0 Å². The standard InChI is InChI=1S/C15H25NO3/c1-4-9-16-12-15(2,17)13-7-5-6-8-14(13)19-11-10-18-3/h5-8,16-17H,4,9-12H2,1-3H3. The second-order valence-corrected chi connectivity index (χ2v) is 4.79. The van der Waals surface area contributed by atoms with Gasteiger partial charge < -0.3 is 19.9 Å². The molecule has 1 aromatic carbocycles. The average molecular weight is 267 g/mol. The van der Waals surface area contributed by atoms with Gasteiger partial charge in [0.05, 0.1) is 6.61 Å². The molecule has 0 heterocycles. The highest BCUT2D eigenvalue weighted by Gasteiger charge is 2.26. The number of hydrogen-bond donors (Lipinski definition) is 2. The molecule has 1 rings (SSSR count). The molecule has 1 aromatic rings. The monoisotopic (exact) mass is 267 g/mol. The largest absolute Gasteiger partial charge is 0.491 e. The van der Waals surface area contributed by atoms with Crippen molar-refractivity contribution in [2.75, 3.05) is 33.4 Å². The zero-order chi connectivity index (χ0) is 14.1. The second kappa shape index (κ2) is 8.15. The molecule has 0 aliphatic rings. The summed E-state index contributed by atoms with van der Waals surface area (Å²) in [6.45, 7) is 6.31. The minimum atomic E-state index is -0.946. The van der Waals surface area contributed by atoms with Crippen LogP contribution in [0.1, 0.15) is 25.8 Å². The van der Waals surface area contributed by atoms with Crippen LogP contribution in [0.25, 0.3) is 0 Å². The normalized spacial score (nSPS) is 14.1. The molecule has 0 radical (unpaired) electrons. The molecule has 0 amide bonds. The summed E-state index contributed by atoms with van der Waals surface area (Å²) in [7, 11) is 1.64. The Morgan fingerprint density at radius 3 is 2.68 bits per heavy atom. The van der Waals surface area contributed by atoms with Crippen LogP contribution in [0.3, 0.4) is 0 Å². The average Bonchev–Trinajstić information content (AvgIpc) is 2.40. The van der Waals surface area contributed by atoms with E-state index in [1.807, 2.05) is 24.3 Å². The lowest BCUT2D eigenvalue weighted by molar-refractivity contribution is 0.0526. The highest BCUT2D eigenvalue weighted by Crippen LogP contribution is 2.29. The second-order valence-electron chi connectivity index (χ2n) is 4.79. The van der Waals surface area contributed by atoms with Crippen LogP contribution < -0.4 is 10.1 Å². The predicted octanol–water partition coefficient (Wildman–Crippen LogP) is 1.92. The third-order valence-corrected chi connectivity index (χ3v) is 2.91. The van der Waals surface area contributed by atoms with Crippen LogP contribution in [0, 0.1) is 0 Å². The summed E-state index contributed by atoms with van der Waals surface area (Å²) in [6.07, 6.45) is 1.04. The highest BCUT2D eigenvalue weighted by atomic mass is 16.5. The molecule has 0 spiro atoms. The van der Waals surface area contributed by atoms with Gasteiger partial charge in [-0.15, -0.1) is 0 Å². The van der Waals surface area contributed by atoms with E-state index >= 15 is 0 Å². The van der Waals surface area contributed by atoms with Crippen molar-refractivity contribution >= 4 is 0 Å². The zero-order valence-electron chi connectivity index (χ0n) is 12.1. The number of para-hydroxylation sites is 1. The van der Waals surface area contributed by atoms with E-state index in [4.69, 9.17) is 9.47 Å². The van der Waals surface area contributed by atoms with Crippen LogP contribution >= 0.6 is 0 Å². The molecule has 4 heteroatoms. The van der Waals surface area contributed by atoms with E-state index in [0.29, 0.717) is 25.5 Å². The third-order valence-electron chi connectivity index (χ3n) is 2.91. The number of hydrogen-bond acceptors (Lipinski definition) is 4. The smallest absolute Gasteiger partial charge is 0.125 e. The molecule has 1 atom stereocenters. The predicted molar refractivity (Wildman–Crippen MR) is 76.5 cm³/mol. The summed E-state index contributed by atoms with van der Waals surface area (Å²) in [4.78, 5) is 0. The fourth-order valence-corrected chi connectivity index (χ4v) is 1.88. The van der Waals surface area contributed by atoms with Crippen molar-refractivity contribution in [3.05, 3.63) is 29.8 Å². The van der Waals surface area contributed by atoms with Crippen LogP contribution in [0.15, 0.2) is 24.3 Å². The minimum Gasteiger partial charge on any atom is -0.491 e. The van der Waals surface area contributed by atoms with Gasteiger partial charge in [0, 0.05) is 19.2 Å². The number of nitrogens with one attached hydrogen (secondary N) is 1. The molecule has 4 nitrogen and oxygen atoms in total. The van der Waals surface area contributed by atoms with Gasteiger partial charge in [0.25, 0.3) is 0 Å². The van der Waals surface area contributed by atoms with Crippen molar-refractivity contribution in [1.82, 2.24) is 5.32 Å². The molecular weight excluding hydrogens is 242 g/mol. The molecule has 0 bridgehead atoms. The van der Waals surface area contributed by atoms with Gasteiger partial charge in [-0.05, 0) is 26.0 Å². The van der Waals surface area contributed by atoms with E-state index < -0.39 is 5.60 Å². The number of aliphatic hydroxyl groups is 1. The van der Waals surface area contributed by atoms with Gasteiger partial charge >= 0.3 is 0 Å². The van der Waals surface area contributed by atoms with Gasteiger partial charge in [-0.1, -0.05) is 25.1 Å². The molecule has 1 unspecified atom stereocenters. The van der Waals surface area contributed by atoms with Crippen molar-refractivity contribution in [1.29, 1.82) is 0 Å². The SMILES string of the molecule is CCCNCC(C)(O)c1ccccc1OCCOC. The number of methoxy groups -OCH3 is 1. The lowest BCUT2D eigenvalue weighted by Gasteiger charge is -2.26. The third kappa shape index (κ3) is 5.19. The molecule has 0 saturated carbocycles. The Balaban J connectivity index is 2.73. The maximum atomic E-state index is 10.6. The van der Waals surface area contributed by atoms with Crippen LogP contribution in [0.5, 0.6) is 5.75 Å². The highest BCUT2D eigenvalue weighted by molar-refractivity contribution is 5.37. The van der Waals surface area contributed by atoms with Crippen LogP contribution in [-0.2, 0) is 10.3 Å². The van der Waals surface area contributed by atoms with Crippen LogP contribution in [0.2, 0.25) is 0 Å². The van der Waals surface area contributed by atoms with Gasteiger partial charge in [0.15, 0.2) is 0 Å². The Morgan fingerprint density at radius 2 is 2.00 bits per heavy atom. The van der Waals surface area contributed by atoms with Gasteiger partial charge in [-0.3, -0.25) is 0 Å². The number of rotatable bonds is 9. The number of ether oxygens (including phenoxy) is 2. The van der Waals surface area contributed by atoms with E-state index in [1.54, 1.807) is 14.0 Å². The molecule has 19 heavy (non-hydrogen) atoms. The van der Waals surface area contributed by atoms with E-state index in [0.717, 1.165) is 18.5 Å². The summed E-state index contributed by atoms with van der Waals surface area (Å²) in [6, 6.07) is 7.59. The molecule has 0 aliphatic heterocycles. The first kappa shape index (κ1) is 16.0. The molecule has 0 aliphatic carbocycles. The van der Waals surface area contributed by atoms with Crippen LogP contribution in [-0.4, -0.2) is 38.5 Å². The molecular formula is C15H25NO3. The maximum Gasteiger partial charge on any atom is 0.125 e. The van der Waals surface area contributed by atoms with Crippen molar-refractivity contribution < 1.29 is 14.6 Å². The Hall–Kier alpha value is -1.10. The van der Waals surface area contributed by atoms with Crippen molar-refractivity contribution in [2.45, 2.75) is 25.9 Å². The first-order valence-electron chi connectivity index (χ1n) is 6.76. The van der Waals surface area contributed by atoms with Crippen molar-refractivity contribution in [2.24, 2.45) is 0 Å². The summed E-state index contributed by atoms with van der Waals surface area (Å²) < 4.78 is 10.6. The first-order chi connectivity index (χ1) is 9.11. The van der Waals surface area contributed by atoms with E-state index in [9.17, 15) is 5.11 Å². The fourth-order valence-electron chi connectivity index (χ4n) is 1.88. The first-order valence-corrected chi connectivity index (χ1v) is 6.76. The Labute approximate surface area is 115 Å². The van der Waals surface area contributed by atoms with E-state index in [2.05, 4.69) is 12.2 Å². The topological polar surface area (TPSA) is 50.7 Å². The Morgan fingerprint density at radius 1 is 1.26 bits per heavy atom. The fraction of sp³-hybridized carbons (Fsp3) is 0.600. The van der Waals surface area contributed by atoms with Gasteiger partial charge in [0.2, 0.25) is 0 Å². The van der Waals surface area contributed by atoms with Gasteiger partial charge in [-0.2, -0.15) is 0 Å². The quantitative estimate of drug-likeness (QED) is 0.671. The minimum absolute atomic E-state index is 0.478. The summed E-state index contributed by atoms with van der Waals surface area (Å²) >= 11 is 0. The summed E-state index contributed by atoms with van der Waals surface area (Å²) in [5.41, 5.74) is -0.145. The lowest BCUT2D eigenvalue weighted by Crippen LogP contribution is -2.36. The molecule has 0 saturated heterocycles. The number of benzene rings is 1. The molecule has 2 N–H and O–H groups in total. The zero-order valence-corrected chi connectivity index (χ0v) is 12.1.